The van der Waals surface area contributed by atoms with Gasteiger partial charge >= 0.3 is 0 Å². The number of nitrogens with zero attached hydrogens (tertiary/aromatic N) is 1. The van der Waals surface area contributed by atoms with Crippen molar-refractivity contribution in [3.8, 4) is 12.3 Å². The summed E-state index contributed by atoms with van der Waals surface area (Å²) in [6, 6.07) is 4.10. The molecule has 0 spiro atoms. The first-order valence-electron chi connectivity index (χ1n) is 4.83. The van der Waals surface area contributed by atoms with E-state index >= 15 is 0 Å². The standard InChI is InChI=1S/C12H13N/c1-2-12-11(8-5-9-13-12)10-6-3-4-7-10/h1,5,8-10H,3-4,6-7H2. The van der Waals surface area contributed by atoms with E-state index in [1.807, 2.05) is 6.07 Å². The summed E-state index contributed by atoms with van der Waals surface area (Å²) in [5, 5.41) is 0. The van der Waals surface area contributed by atoms with E-state index < -0.39 is 0 Å². The van der Waals surface area contributed by atoms with Gasteiger partial charge in [0.25, 0.3) is 0 Å². The highest BCUT2D eigenvalue weighted by atomic mass is 14.7. The van der Waals surface area contributed by atoms with Crippen LogP contribution in [0.15, 0.2) is 18.3 Å². The van der Waals surface area contributed by atoms with Crippen LogP contribution in [0.1, 0.15) is 42.9 Å². The van der Waals surface area contributed by atoms with E-state index in [1.165, 1.54) is 31.2 Å². The lowest BCUT2D eigenvalue weighted by Gasteiger charge is -2.10. The fraction of sp³-hybridized carbons (Fsp3) is 0.417. The number of hydrogen-bond donors (Lipinski definition) is 0. The maximum Gasteiger partial charge on any atom is 0.116 e. The second-order valence-corrected chi connectivity index (χ2v) is 3.57. The van der Waals surface area contributed by atoms with Crippen LogP contribution in [0.2, 0.25) is 0 Å². The number of aromatic nitrogens is 1. The molecule has 0 amide bonds. The minimum Gasteiger partial charge on any atom is -0.248 e. The van der Waals surface area contributed by atoms with Crippen LogP contribution >= 0.6 is 0 Å². The van der Waals surface area contributed by atoms with Crippen LogP contribution in [0, 0.1) is 12.3 Å². The van der Waals surface area contributed by atoms with Crippen LogP contribution < -0.4 is 0 Å². The second kappa shape index (κ2) is 3.62. The van der Waals surface area contributed by atoms with E-state index in [4.69, 9.17) is 6.42 Å². The van der Waals surface area contributed by atoms with Gasteiger partial charge in [0.1, 0.15) is 5.69 Å². The third-order valence-electron chi connectivity index (χ3n) is 2.77. The molecule has 1 nitrogen and oxygen atoms in total. The zero-order valence-corrected chi connectivity index (χ0v) is 7.66. The van der Waals surface area contributed by atoms with Crippen molar-refractivity contribution in [2.24, 2.45) is 0 Å². The molecule has 1 fully saturated rings. The van der Waals surface area contributed by atoms with E-state index in [-0.39, 0.29) is 0 Å². The van der Waals surface area contributed by atoms with E-state index in [1.54, 1.807) is 6.20 Å². The van der Waals surface area contributed by atoms with Gasteiger partial charge in [-0.25, -0.2) is 4.98 Å². The molecule has 0 aromatic carbocycles. The Morgan fingerprint density at radius 3 is 2.85 bits per heavy atom. The summed E-state index contributed by atoms with van der Waals surface area (Å²) in [6.45, 7) is 0. The maximum absolute atomic E-state index is 5.41. The molecule has 0 saturated heterocycles. The lowest BCUT2D eigenvalue weighted by Crippen LogP contribution is -1.97. The summed E-state index contributed by atoms with van der Waals surface area (Å²) >= 11 is 0. The van der Waals surface area contributed by atoms with Crippen molar-refractivity contribution in [3.05, 3.63) is 29.6 Å². The maximum atomic E-state index is 5.41. The molecule has 1 aliphatic carbocycles. The predicted molar refractivity (Wildman–Crippen MR) is 53.4 cm³/mol. The fourth-order valence-corrected chi connectivity index (χ4v) is 2.10. The normalized spacial score (nSPS) is 17.2. The van der Waals surface area contributed by atoms with Crippen molar-refractivity contribution in [1.82, 2.24) is 4.98 Å². The number of terminal acetylenes is 1. The molecule has 1 aromatic heterocycles. The molecule has 66 valence electrons. The SMILES string of the molecule is C#Cc1ncccc1C1CCCC1. The summed E-state index contributed by atoms with van der Waals surface area (Å²) in [5.74, 6) is 3.33. The summed E-state index contributed by atoms with van der Waals surface area (Å²) in [5.41, 5.74) is 2.12. The van der Waals surface area contributed by atoms with Crippen LogP contribution in [-0.4, -0.2) is 4.98 Å². The molecule has 0 N–H and O–H groups in total. The smallest absolute Gasteiger partial charge is 0.116 e. The highest BCUT2D eigenvalue weighted by molar-refractivity contribution is 5.36. The van der Waals surface area contributed by atoms with E-state index in [9.17, 15) is 0 Å². The van der Waals surface area contributed by atoms with Crippen molar-refractivity contribution in [3.63, 3.8) is 0 Å². The van der Waals surface area contributed by atoms with Gasteiger partial charge in [0.2, 0.25) is 0 Å². The fourth-order valence-electron chi connectivity index (χ4n) is 2.10. The summed E-state index contributed by atoms with van der Waals surface area (Å²) in [6.07, 6.45) is 12.4. The highest BCUT2D eigenvalue weighted by Gasteiger charge is 2.19. The Labute approximate surface area is 79.2 Å². The molecule has 1 aromatic rings. The minimum absolute atomic E-state index is 0.666. The van der Waals surface area contributed by atoms with Crippen LogP contribution in [0.25, 0.3) is 0 Å². The average Bonchev–Trinajstić information content (AvgIpc) is 2.70. The van der Waals surface area contributed by atoms with Crippen LogP contribution in [0.3, 0.4) is 0 Å². The van der Waals surface area contributed by atoms with Crippen LogP contribution in [0.4, 0.5) is 0 Å². The lowest BCUT2D eigenvalue weighted by atomic mass is 9.96. The van der Waals surface area contributed by atoms with Crippen LogP contribution in [0.5, 0.6) is 0 Å². The molecule has 0 atom stereocenters. The Balaban J connectivity index is 2.33. The molecule has 1 aliphatic rings. The third kappa shape index (κ3) is 1.58. The Kier molecular flexibility index (Phi) is 2.31. The Morgan fingerprint density at radius 2 is 2.15 bits per heavy atom. The van der Waals surface area contributed by atoms with Crippen molar-refractivity contribution < 1.29 is 0 Å². The first-order chi connectivity index (χ1) is 6.42. The molecule has 0 radical (unpaired) electrons. The van der Waals surface area contributed by atoms with Gasteiger partial charge in [-0.15, -0.1) is 6.42 Å². The molecule has 0 bridgehead atoms. The second-order valence-electron chi connectivity index (χ2n) is 3.57. The van der Waals surface area contributed by atoms with Gasteiger partial charge < -0.3 is 0 Å². The summed E-state index contributed by atoms with van der Waals surface area (Å²) < 4.78 is 0. The number of pyridine rings is 1. The topological polar surface area (TPSA) is 12.9 Å². The van der Waals surface area contributed by atoms with E-state index in [0.717, 1.165) is 5.69 Å². The Morgan fingerprint density at radius 1 is 1.38 bits per heavy atom. The molecule has 0 unspecified atom stereocenters. The molecule has 1 saturated carbocycles. The summed E-state index contributed by atoms with van der Waals surface area (Å²) in [4.78, 5) is 4.21. The minimum atomic E-state index is 0.666. The quantitative estimate of drug-likeness (QED) is 0.592. The van der Waals surface area contributed by atoms with Gasteiger partial charge in [-0.05, 0) is 36.3 Å². The highest BCUT2D eigenvalue weighted by Crippen LogP contribution is 2.34. The van der Waals surface area contributed by atoms with Gasteiger partial charge in [-0.2, -0.15) is 0 Å². The molecule has 2 rings (SSSR count). The predicted octanol–water partition coefficient (Wildman–Crippen LogP) is 2.72. The largest absolute Gasteiger partial charge is 0.248 e. The van der Waals surface area contributed by atoms with Gasteiger partial charge in [0.15, 0.2) is 0 Å². The molecular weight excluding hydrogens is 158 g/mol. The first kappa shape index (κ1) is 8.31. The molecule has 1 heterocycles. The van der Waals surface area contributed by atoms with Crippen molar-refractivity contribution >= 4 is 0 Å². The Hall–Kier alpha value is -1.29. The summed E-state index contributed by atoms with van der Waals surface area (Å²) in [7, 11) is 0. The number of hydrogen-bond acceptors (Lipinski definition) is 1. The van der Waals surface area contributed by atoms with Gasteiger partial charge in [0, 0.05) is 6.20 Å². The Bertz CT molecular complexity index is 329. The number of rotatable bonds is 1. The third-order valence-corrected chi connectivity index (χ3v) is 2.77. The monoisotopic (exact) mass is 171 g/mol. The molecule has 1 heteroatoms. The van der Waals surface area contributed by atoms with Gasteiger partial charge in [-0.1, -0.05) is 18.9 Å². The zero-order chi connectivity index (χ0) is 9.10. The molecule has 0 aliphatic heterocycles. The molecular formula is C12H13N. The van der Waals surface area contributed by atoms with Gasteiger partial charge in [0.05, 0.1) is 0 Å². The van der Waals surface area contributed by atoms with Gasteiger partial charge in [-0.3, -0.25) is 0 Å². The van der Waals surface area contributed by atoms with E-state index in [0.29, 0.717) is 5.92 Å². The van der Waals surface area contributed by atoms with Crippen molar-refractivity contribution in [1.29, 1.82) is 0 Å². The van der Waals surface area contributed by atoms with E-state index in [2.05, 4.69) is 17.0 Å². The zero-order valence-electron chi connectivity index (χ0n) is 7.66. The first-order valence-corrected chi connectivity index (χ1v) is 4.83. The lowest BCUT2D eigenvalue weighted by molar-refractivity contribution is 0.717. The van der Waals surface area contributed by atoms with Crippen molar-refractivity contribution in [2.45, 2.75) is 31.6 Å². The van der Waals surface area contributed by atoms with Crippen molar-refractivity contribution in [2.75, 3.05) is 0 Å². The van der Waals surface area contributed by atoms with Crippen LogP contribution in [-0.2, 0) is 0 Å². The molecule has 13 heavy (non-hydrogen) atoms. The average molecular weight is 171 g/mol.